The Labute approximate surface area is 157 Å². The highest BCUT2D eigenvalue weighted by atomic mass is 16.6. The van der Waals surface area contributed by atoms with Crippen molar-refractivity contribution in [1.82, 2.24) is 0 Å². The molecule has 5 rings (SSSR count). The zero-order chi connectivity index (χ0) is 19.1. The SMILES string of the molecule is COC[C@H]1OC(=O)c2coc3c2[C@@]1(C)C1=C(C3=O)[C@@H]2CC[C@@H](O)[C@@]2(C)CC1. The van der Waals surface area contributed by atoms with Gasteiger partial charge in [0.15, 0.2) is 5.76 Å². The number of methoxy groups -OCH3 is 1. The molecule has 0 amide bonds. The van der Waals surface area contributed by atoms with E-state index in [2.05, 4.69) is 6.92 Å². The number of hydrogen-bond donors (Lipinski definition) is 1. The Kier molecular flexibility index (Phi) is 3.39. The Bertz CT molecular complexity index is 894. The predicted octanol–water partition coefficient (Wildman–Crippen LogP) is 2.79. The van der Waals surface area contributed by atoms with Gasteiger partial charge in [0, 0.05) is 23.7 Å². The Balaban J connectivity index is 1.77. The fourth-order valence-electron chi connectivity index (χ4n) is 6.09. The van der Waals surface area contributed by atoms with Gasteiger partial charge >= 0.3 is 5.97 Å². The average molecular weight is 372 g/mol. The number of ketones is 1. The molecule has 0 radical (unpaired) electrons. The van der Waals surface area contributed by atoms with E-state index in [1.54, 1.807) is 7.11 Å². The molecule has 1 saturated carbocycles. The van der Waals surface area contributed by atoms with Gasteiger partial charge in [-0.25, -0.2) is 4.79 Å². The van der Waals surface area contributed by atoms with Crippen LogP contribution in [0.5, 0.6) is 0 Å². The van der Waals surface area contributed by atoms with Crippen LogP contribution in [0, 0.1) is 11.3 Å². The van der Waals surface area contributed by atoms with Crippen LogP contribution >= 0.6 is 0 Å². The van der Waals surface area contributed by atoms with E-state index in [-0.39, 0.29) is 29.5 Å². The molecule has 0 saturated heterocycles. The topological polar surface area (TPSA) is 86.0 Å². The quantitative estimate of drug-likeness (QED) is 0.804. The average Bonchev–Trinajstić information content (AvgIpc) is 3.21. The number of aliphatic hydroxyl groups is 1. The van der Waals surface area contributed by atoms with E-state index in [0.717, 1.165) is 24.0 Å². The molecular weight excluding hydrogens is 348 g/mol. The minimum absolute atomic E-state index is 0.00287. The molecule has 0 aromatic carbocycles. The minimum Gasteiger partial charge on any atom is -0.460 e. The monoisotopic (exact) mass is 372 g/mol. The lowest BCUT2D eigenvalue weighted by Crippen LogP contribution is -2.53. The number of carbonyl (C=O) groups excluding carboxylic acids is 2. The molecule has 27 heavy (non-hydrogen) atoms. The molecule has 4 aliphatic rings. The molecule has 5 atom stereocenters. The number of esters is 1. The van der Waals surface area contributed by atoms with Crippen LogP contribution in [-0.2, 0) is 14.9 Å². The molecule has 3 aliphatic carbocycles. The fourth-order valence-corrected chi connectivity index (χ4v) is 6.09. The summed E-state index contributed by atoms with van der Waals surface area (Å²) < 4.78 is 16.7. The third-order valence-electron chi connectivity index (χ3n) is 7.69. The molecule has 0 spiro atoms. The maximum absolute atomic E-state index is 13.4. The normalized spacial score (nSPS) is 39.8. The maximum Gasteiger partial charge on any atom is 0.342 e. The summed E-state index contributed by atoms with van der Waals surface area (Å²) in [7, 11) is 1.58. The van der Waals surface area contributed by atoms with E-state index < -0.39 is 23.6 Å². The molecule has 2 heterocycles. The smallest absolute Gasteiger partial charge is 0.342 e. The van der Waals surface area contributed by atoms with Gasteiger partial charge in [0.05, 0.1) is 18.1 Å². The number of furan rings is 1. The predicted molar refractivity (Wildman–Crippen MR) is 94.6 cm³/mol. The van der Waals surface area contributed by atoms with Gasteiger partial charge in [0.25, 0.3) is 0 Å². The summed E-state index contributed by atoms with van der Waals surface area (Å²) >= 11 is 0. The van der Waals surface area contributed by atoms with Gasteiger partial charge in [-0.05, 0) is 44.1 Å². The highest BCUT2D eigenvalue weighted by Crippen LogP contribution is 2.61. The number of Topliss-reactive ketones (excluding diaryl/α,β-unsaturated/α-hetero) is 1. The molecule has 1 aliphatic heterocycles. The van der Waals surface area contributed by atoms with E-state index in [1.807, 2.05) is 6.92 Å². The largest absolute Gasteiger partial charge is 0.460 e. The van der Waals surface area contributed by atoms with Gasteiger partial charge in [0.1, 0.15) is 17.9 Å². The van der Waals surface area contributed by atoms with Crippen LogP contribution in [0.15, 0.2) is 21.8 Å². The summed E-state index contributed by atoms with van der Waals surface area (Å²) in [5.41, 5.74) is 1.88. The Morgan fingerprint density at radius 1 is 1.30 bits per heavy atom. The lowest BCUT2D eigenvalue weighted by Gasteiger charge is -2.50. The first-order valence-corrected chi connectivity index (χ1v) is 9.62. The Morgan fingerprint density at radius 3 is 2.81 bits per heavy atom. The number of carbonyl (C=O) groups is 2. The van der Waals surface area contributed by atoms with E-state index in [1.165, 1.54) is 6.26 Å². The molecule has 6 nitrogen and oxygen atoms in total. The minimum atomic E-state index is -0.639. The highest BCUT2D eigenvalue weighted by molar-refractivity contribution is 6.13. The molecule has 144 valence electrons. The molecule has 1 N–H and O–H groups in total. The van der Waals surface area contributed by atoms with E-state index >= 15 is 0 Å². The fraction of sp³-hybridized carbons (Fsp3) is 0.619. The first-order valence-electron chi connectivity index (χ1n) is 9.62. The maximum atomic E-state index is 13.4. The van der Waals surface area contributed by atoms with Gasteiger partial charge in [-0.1, -0.05) is 6.92 Å². The second-order valence-corrected chi connectivity index (χ2v) is 8.78. The molecular formula is C21H24O6. The van der Waals surface area contributed by atoms with Crippen molar-refractivity contribution in [2.75, 3.05) is 13.7 Å². The van der Waals surface area contributed by atoms with Crippen LogP contribution in [0.4, 0.5) is 0 Å². The van der Waals surface area contributed by atoms with Crippen LogP contribution in [0.1, 0.15) is 66.0 Å². The van der Waals surface area contributed by atoms with Crippen molar-refractivity contribution < 1.29 is 28.6 Å². The van der Waals surface area contributed by atoms with Crippen LogP contribution in [0.3, 0.4) is 0 Å². The summed E-state index contributed by atoms with van der Waals surface area (Å²) in [5.74, 6) is -0.328. The number of fused-ring (bicyclic) bond motifs is 3. The Morgan fingerprint density at radius 2 is 2.07 bits per heavy atom. The van der Waals surface area contributed by atoms with E-state index in [4.69, 9.17) is 13.9 Å². The van der Waals surface area contributed by atoms with E-state index in [9.17, 15) is 14.7 Å². The van der Waals surface area contributed by atoms with Gasteiger partial charge in [0.2, 0.25) is 5.78 Å². The second-order valence-electron chi connectivity index (χ2n) is 8.78. The number of aliphatic hydroxyl groups excluding tert-OH is 1. The summed E-state index contributed by atoms with van der Waals surface area (Å²) in [6.07, 6.45) is 3.45. The number of allylic oxidation sites excluding steroid dienone is 1. The van der Waals surface area contributed by atoms with E-state index in [0.29, 0.717) is 24.0 Å². The number of rotatable bonds is 2. The zero-order valence-corrected chi connectivity index (χ0v) is 15.8. The zero-order valence-electron chi connectivity index (χ0n) is 15.8. The molecule has 1 fully saturated rings. The van der Waals surface area contributed by atoms with Crippen molar-refractivity contribution in [3.63, 3.8) is 0 Å². The van der Waals surface area contributed by atoms with Crippen molar-refractivity contribution in [2.45, 2.75) is 57.2 Å². The summed E-state index contributed by atoms with van der Waals surface area (Å²) in [4.78, 5) is 25.9. The van der Waals surface area contributed by atoms with Crippen LogP contribution in [0.25, 0.3) is 0 Å². The van der Waals surface area contributed by atoms with Gasteiger partial charge in [-0.2, -0.15) is 0 Å². The Hall–Kier alpha value is -1.92. The first-order chi connectivity index (χ1) is 12.8. The third kappa shape index (κ3) is 1.88. The van der Waals surface area contributed by atoms with Crippen LogP contribution in [-0.4, -0.2) is 42.8 Å². The summed E-state index contributed by atoms with van der Waals surface area (Å²) in [5, 5.41) is 10.6. The van der Waals surface area contributed by atoms with Crippen molar-refractivity contribution in [2.24, 2.45) is 11.3 Å². The lowest BCUT2D eigenvalue weighted by atomic mass is 9.55. The van der Waals surface area contributed by atoms with Crippen molar-refractivity contribution in [3.8, 4) is 0 Å². The number of hydrogen-bond acceptors (Lipinski definition) is 6. The van der Waals surface area contributed by atoms with Crippen LogP contribution < -0.4 is 0 Å². The van der Waals surface area contributed by atoms with Crippen molar-refractivity contribution in [1.29, 1.82) is 0 Å². The molecule has 1 aromatic rings. The molecule has 0 bridgehead atoms. The van der Waals surface area contributed by atoms with Gasteiger partial charge < -0.3 is 19.0 Å². The highest BCUT2D eigenvalue weighted by Gasteiger charge is 2.61. The third-order valence-corrected chi connectivity index (χ3v) is 7.69. The van der Waals surface area contributed by atoms with Gasteiger partial charge in [-0.3, -0.25) is 4.79 Å². The number of cyclic esters (lactones) is 1. The molecule has 1 aromatic heterocycles. The van der Waals surface area contributed by atoms with Crippen molar-refractivity contribution in [3.05, 3.63) is 34.3 Å². The number of ether oxygens (including phenoxy) is 2. The molecule has 0 unspecified atom stereocenters. The summed E-state index contributed by atoms with van der Waals surface area (Å²) in [6.45, 7) is 4.38. The first kappa shape index (κ1) is 17.2. The lowest BCUT2D eigenvalue weighted by molar-refractivity contribution is -0.0268. The van der Waals surface area contributed by atoms with Crippen LogP contribution in [0.2, 0.25) is 0 Å². The van der Waals surface area contributed by atoms with Crippen molar-refractivity contribution >= 4 is 11.8 Å². The standard InChI is InChI=1S/C21H24O6/c1-20-7-6-12-15(11(20)4-5-13(20)22)17(23)18-16-10(8-26-18)19(24)27-14(9-25-3)21(12,16)2/h8,11,13-14,22H,4-7,9H2,1-3H3/t11-,13+,14+,20-,21-/m0/s1. The van der Waals surface area contributed by atoms with Gasteiger partial charge in [-0.15, -0.1) is 0 Å². The summed E-state index contributed by atoms with van der Waals surface area (Å²) in [6, 6.07) is 0. The second kappa shape index (κ2) is 5.32. The molecule has 6 heteroatoms.